The Hall–Kier alpha value is -4.89. The minimum absolute atomic E-state index is 0.0689. The van der Waals surface area contributed by atoms with Crippen molar-refractivity contribution < 1.29 is 14.8 Å². The van der Waals surface area contributed by atoms with Gasteiger partial charge in [0, 0.05) is 119 Å². The summed E-state index contributed by atoms with van der Waals surface area (Å²) in [6.07, 6.45) is 11.1. The van der Waals surface area contributed by atoms with Gasteiger partial charge in [-0.05, 0) is 228 Å². The fraction of sp³-hybridized carbons (Fsp3) is 0.0750. The maximum absolute atomic E-state index is 11.1. The molecule has 11 rings (SSSR count). The number of hydrogen-bond donors (Lipinski definition) is 2. The number of nitrogens with zero attached hydrogens (tertiary/aromatic N) is 3. The van der Waals surface area contributed by atoms with Gasteiger partial charge in [-0.2, -0.15) is 0 Å². The van der Waals surface area contributed by atoms with E-state index in [1.807, 2.05) is 72.8 Å². The van der Waals surface area contributed by atoms with Crippen molar-refractivity contribution in [3.63, 3.8) is 0 Å². The predicted molar refractivity (Wildman–Crippen MR) is 509 cm³/mol. The molecule has 0 saturated heterocycles. The summed E-state index contributed by atoms with van der Waals surface area (Å²) in [4.78, 5) is 31.0. The van der Waals surface area contributed by atoms with Crippen LogP contribution in [0.3, 0.4) is 0 Å². The maximum atomic E-state index is 11.1. The van der Waals surface area contributed by atoms with E-state index in [-0.39, 0.29) is 28.2 Å². The SMILES string of the molecule is Brc1ccc(-c2ccc(Br)cc2I)c(I)c1.C#Cc1cc(Br)ccc1-c1ccc(Br)cc1C#C.C[Si](C)(C)C#Cc1cc(Br)ccc1-c1ccc(Br)cc1C#C[Si](C)(C)C.Nc1cc(Br)ccc1-c1ccc(Br)cc1N.O=[N+]([O-])c1cc(Br)ccc1-c1ccc(Br)cc1[N+](=O)[O-].O=[N+]([O-])c1cc(Br)ccc1Br. The Morgan fingerprint density at radius 3 is 0.794 bits per heavy atom. The van der Waals surface area contributed by atoms with E-state index in [1.165, 1.54) is 48.6 Å². The zero-order valence-electron chi connectivity index (χ0n) is 56.9. The number of nitrogen functional groups attached to an aromatic ring is 2. The highest BCUT2D eigenvalue weighted by molar-refractivity contribution is 14.1. The molecule has 0 unspecified atom stereocenters. The molecule has 27 heteroatoms. The van der Waals surface area contributed by atoms with Gasteiger partial charge in [0.25, 0.3) is 17.1 Å². The van der Waals surface area contributed by atoms with Crippen molar-refractivity contribution in [3.8, 4) is 103 Å². The molecular formula is C80H57Br12I2N5O6Si2. The normalized spacial score (nSPS) is 10.4. The van der Waals surface area contributed by atoms with E-state index in [4.69, 9.17) is 24.3 Å². The summed E-state index contributed by atoms with van der Waals surface area (Å²) in [5, 5.41) is 32.5. The minimum atomic E-state index is -1.45. The van der Waals surface area contributed by atoms with Crippen molar-refractivity contribution in [2.75, 3.05) is 11.5 Å². The molecule has 0 fully saturated rings. The van der Waals surface area contributed by atoms with Crippen LogP contribution in [-0.2, 0) is 0 Å². The molecule has 0 aromatic heterocycles. The van der Waals surface area contributed by atoms with Crippen LogP contribution in [0.25, 0.3) is 55.6 Å². The second kappa shape index (κ2) is 42.7. The van der Waals surface area contributed by atoms with Crippen LogP contribution in [0.15, 0.2) is 254 Å². The number of terminal acetylenes is 2. The first-order valence-electron chi connectivity index (χ1n) is 30.9. The fourth-order valence-electron chi connectivity index (χ4n) is 9.33. The van der Waals surface area contributed by atoms with E-state index in [0.717, 1.165) is 91.4 Å². The molecule has 11 aromatic rings. The number of nitro benzene ring substituents is 3. The molecule has 107 heavy (non-hydrogen) atoms. The summed E-state index contributed by atoms with van der Waals surface area (Å²) in [6, 6.07) is 62.3. The average molecular weight is 2450 g/mol. The Morgan fingerprint density at radius 1 is 0.308 bits per heavy atom. The number of benzene rings is 11. The summed E-state index contributed by atoms with van der Waals surface area (Å²) < 4.78 is 12.9. The molecule has 0 saturated carbocycles. The summed E-state index contributed by atoms with van der Waals surface area (Å²) in [5.74, 6) is 12.3. The number of nitrogens with two attached hydrogens (primary N) is 2. The molecule has 11 nitrogen and oxygen atoms in total. The minimum Gasteiger partial charge on any atom is -0.398 e. The van der Waals surface area contributed by atoms with E-state index in [1.54, 1.807) is 24.3 Å². The van der Waals surface area contributed by atoms with Gasteiger partial charge in [-0.1, -0.05) is 287 Å². The van der Waals surface area contributed by atoms with Crippen LogP contribution in [0, 0.1) is 85.1 Å². The first-order chi connectivity index (χ1) is 50.3. The third-order valence-corrected chi connectivity index (χ3v) is 23.8. The molecule has 0 amide bonds. The second-order valence-corrected chi connectivity index (χ2v) is 47.2. The van der Waals surface area contributed by atoms with Gasteiger partial charge in [0.2, 0.25) is 0 Å². The number of anilines is 2. The lowest BCUT2D eigenvalue weighted by atomic mass is 9.96. The average Bonchev–Trinajstić information content (AvgIpc) is 0.668. The number of rotatable bonds is 8. The standard InChI is InChI=1S/C22H24Br2Si2.C16H8Br2.C12H6Br2I2.C12H6Br2N2O4.C12H10Br2N2.C6H3Br2NO2/c1-25(2,3)13-11-17-15-19(23)7-9-21(17)22-10-8-20(24)16-18(22)12-14-26(4,5)6;1-3-11-9-13(17)5-7-15(11)16-8-6-14(18)10-12(16)4-2;13-7-1-3-9(11(15)5-7)10-4-2-8(14)6-12(10)16;13-7-1-3-9(11(5-7)15(17)18)10-4-2-8(14)6-12(10)16(19)20;13-7-1-3-9(11(15)5-7)10-4-2-8(14)6-12(10)16;7-4-1-2-5(8)6(3-4)9(10)11/h7-10,15-16H,1-6H3;1-2,5-10H;1-6H;1-6H;1-6H,15-16H2;1-3H. The van der Waals surface area contributed by atoms with E-state index < -0.39 is 30.9 Å². The van der Waals surface area contributed by atoms with E-state index in [9.17, 15) is 30.3 Å². The molecule has 0 radical (unpaired) electrons. The van der Waals surface area contributed by atoms with Crippen molar-refractivity contribution in [1.29, 1.82) is 0 Å². The first kappa shape index (κ1) is 91.0. The summed E-state index contributed by atoms with van der Waals surface area (Å²) in [5.41, 5.74) is 32.9. The highest BCUT2D eigenvalue weighted by atomic mass is 127. The van der Waals surface area contributed by atoms with Crippen LogP contribution < -0.4 is 11.5 Å². The number of halogens is 14. The molecule has 0 aliphatic rings. The Kier molecular flexibility index (Phi) is 36.3. The van der Waals surface area contributed by atoms with Crippen molar-refractivity contribution in [1.82, 2.24) is 0 Å². The molecule has 0 heterocycles. The van der Waals surface area contributed by atoms with Gasteiger partial charge in [-0.15, -0.1) is 23.9 Å². The molecule has 11 aromatic carbocycles. The van der Waals surface area contributed by atoms with Crippen molar-refractivity contribution in [2.24, 2.45) is 0 Å². The highest BCUT2D eigenvalue weighted by Crippen LogP contribution is 2.41. The molecule has 0 atom stereocenters. The molecule has 4 N–H and O–H groups in total. The van der Waals surface area contributed by atoms with E-state index in [0.29, 0.717) is 29.3 Å². The lowest BCUT2D eigenvalue weighted by molar-refractivity contribution is -0.386. The molecule has 0 spiro atoms. The number of nitro groups is 3. The third-order valence-electron chi connectivity index (χ3n) is 14.1. The Balaban J connectivity index is 0.000000204. The van der Waals surface area contributed by atoms with Gasteiger partial charge in [0.05, 0.1) is 30.4 Å². The molecule has 0 bridgehead atoms. The molecule has 0 aliphatic heterocycles. The van der Waals surface area contributed by atoms with Crippen LogP contribution in [0.1, 0.15) is 22.3 Å². The van der Waals surface area contributed by atoms with Gasteiger partial charge < -0.3 is 11.5 Å². The van der Waals surface area contributed by atoms with E-state index in [2.05, 4.69) is 383 Å². The van der Waals surface area contributed by atoms with Crippen LogP contribution in [0.4, 0.5) is 28.4 Å². The smallest absolute Gasteiger partial charge is 0.284 e. The van der Waals surface area contributed by atoms with Crippen molar-refractivity contribution >= 4 is 281 Å². The van der Waals surface area contributed by atoms with Crippen LogP contribution in [0.2, 0.25) is 39.3 Å². The lowest BCUT2D eigenvalue weighted by Crippen LogP contribution is -2.16. The first-order valence-corrected chi connectivity index (χ1v) is 49.6. The predicted octanol–water partition coefficient (Wildman–Crippen LogP) is 30.1. The van der Waals surface area contributed by atoms with Gasteiger partial charge in [0.15, 0.2) is 0 Å². The summed E-state index contributed by atoms with van der Waals surface area (Å²) >= 11 is 45.0. The largest absolute Gasteiger partial charge is 0.398 e. The molecule has 544 valence electrons. The zero-order chi connectivity index (χ0) is 79.4. The summed E-state index contributed by atoms with van der Waals surface area (Å²) in [6.45, 7) is 13.6. The quantitative estimate of drug-likeness (QED) is 0.0376. The monoisotopic (exact) mass is 2440 g/mol. The topological polar surface area (TPSA) is 181 Å². The third kappa shape index (κ3) is 28.7. The van der Waals surface area contributed by atoms with Crippen LogP contribution >= 0.6 is 236 Å². The number of hydrogen-bond acceptors (Lipinski definition) is 8. The second-order valence-electron chi connectivity index (χ2n) is 24.4. The lowest BCUT2D eigenvalue weighted by Gasteiger charge is -2.11. The zero-order valence-corrected chi connectivity index (χ0v) is 82.3. The Bertz CT molecular complexity index is 5030. The van der Waals surface area contributed by atoms with Crippen molar-refractivity contribution in [2.45, 2.75) is 39.3 Å². The summed E-state index contributed by atoms with van der Waals surface area (Å²) in [7, 11) is -2.90. The highest BCUT2D eigenvalue weighted by Gasteiger charge is 2.24. The van der Waals surface area contributed by atoms with Gasteiger partial charge in [-0.3, -0.25) is 30.3 Å². The van der Waals surface area contributed by atoms with Crippen LogP contribution in [0.5, 0.6) is 0 Å². The molecule has 0 aliphatic carbocycles. The van der Waals surface area contributed by atoms with Crippen LogP contribution in [-0.4, -0.2) is 30.9 Å². The molecular weight excluding hydrogens is 2400 g/mol. The Labute approximate surface area is 752 Å². The van der Waals surface area contributed by atoms with Gasteiger partial charge >= 0.3 is 0 Å². The van der Waals surface area contributed by atoms with Gasteiger partial charge in [0.1, 0.15) is 16.1 Å². The van der Waals surface area contributed by atoms with Gasteiger partial charge in [-0.25, -0.2) is 0 Å². The maximum Gasteiger partial charge on any atom is 0.284 e. The Morgan fingerprint density at radius 2 is 0.533 bits per heavy atom. The van der Waals surface area contributed by atoms with Crippen molar-refractivity contribution in [3.05, 3.63) is 314 Å². The van der Waals surface area contributed by atoms with E-state index >= 15 is 0 Å². The fourth-order valence-corrected chi connectivity index (χ4v) is 17.2.